The summed E-state index contributed by atoms with van der Waals surface area (Å²) < 4.78 is 10.6. The van der Waals surface area contributed by atoms with Gasteiger partial charge in [0.05, 0.1) is 23.1 Å². The molecule has 0 N–H and O–H groups in total. The zero-order valence-electron chi connectivity index (χ0n) is 23.8. The Balaban J connectivity index is 1.60. The summed E-state index contributed by atoms with van der Waals surface area (Å²) in [5.41, 5.74) is -0.145. The van der Waals surface area contributed by atoms with Crippen molar-refractivity contribution in [3.63, 3.8) is 0 Å². The van der Waals surface area contributed by atoms with Gasteiger partial charge in [-0.1, -0.05) is 42.9 Å². The Hall–Kier alpha value is -4.24. The van der Waals surface area contributed by atoms with Gasteiger partial charge in [-0.05, 0) is 94.3 Å². The lowest BCUT2D eigenvalue weighted by atomic mass is 9.91. The van der Waals surface area contributed by atoms with E-state index in [9.17, 15) is 19.2 Å². The predicted molar refractivity (Wildman–Crippen MR) is 157 cm³/mol. The van der Waals surface area contributed by atoms with E-state index in [2.05, 4.69) is 5.16 Å². The van der Waals surface area contributed by atoms with Gasteiger partial charge in [0.2, 0.25) is 5.78 Å². The smallest absolute Gasteiger partial charge is 0.366 e. The van der Waals surface area contributed by atoms with E-state index < -0.39 is 23.1 Å². The molecule has 0 aliphatic carbocycles. The number of ketones is 1. The summed E-state index contributed by atoms with van der Waals surface area (Å²) in [5.74, 6) is -1.71. The molecule has 8 nitrogen and oxygen atoms in total. The van der Waals surface area contributed by atoms with Crippen molar-refractivity contribution in [2.45, 2.75) is 57.3 Å². The molecule has 0 bridgehead atoms. The Morgan fingerprint density at radius 1 is 0.805 bits per heavy atom. The van der Waals surface area contributed by atoms with Crippen LogP contribution in [0.15, 0.2) is 87.7 Å². The Labute approximate surface area is 244 Å². The number of Topliss-reactive ketones (excluding diaryl/α,β-unsaturated/α-hetero) is 1. The van der Waals surface area contributed by atoms with Crippen LogP contribution in [0.3, 0.4) is 0 Å². The van der Waals surface area contributed by atoms with Crippen molar-refractivity contribution in [3.05, 3.63) is 89.5 Å². The van der Waals surface area contributed by atoms with Crippen LogP contribution in [-0.2, 0) is 14.4 Å². The third-order valence-corrected chi connectivity index (χ3v) is 7.24. The average Bonchev–Trinajstić information content (AvgIpc) is 2.99. The molecule has 3 aromatic carbocycles. The second kappa shape index (κ2) is 14.4. The van der Waals surface area contributed by atoms with Gasteiger partial charge in [-0.2, -0.15) is 0 Å². The first-order valence-electron chi connectivity index (χ1n) is 13.2. The summed E-state index contributed by atoms with van der Waals surface area (Å²) in [5, 5.41) is 3.70. The molecule has 0 aliphatic rings. The zero-order chi connectivity index (χ0) is 30.0. The molecule has 0 saturated carbocycles. The fourth-order valence-electron chi connectivity index (χ4n) is 3.30. The molecular formula is C32H33NO7S. The molecule has 0 aliphatic heterocycles. The molecule has 0 atom stereocenters. The summed E-state index contributed by atoms with van der Waals surface area (Å²) >= 11 is 1.49. The molecule has 0 fully saturated rings. The minimum absolute atomic E-state index is 0.00465. The molecule has 214 valence electrons. The van der Waals surface area contributed by atoms with Gasteiger partial charge in [-0.25, -0.2) is 9.59 Å². The number of hydrogen-bond acceptors (Lipinski definition) is 9. The van der Waals surface area contributed by atoms with Crippen LogP contribution in [0.2, 0.25) is 0 Å². The normalized spacial score (nSPS) is 11.5. The number of esters is 2. The van der Waals surface area contributed by atoms with Gasteiger partial charge in [0.25, 0.3) is 0 Å². The molecular weight excluding hydrogens is 542 g/mol. The molecule has 0 amide bonds. The number of carbonyl (C=O) groups excluding carboxylic acids is 4. The molecule has 9 heteroatoms. The molecule has 0 spiro atoms. The Morgan fingerprint density at radius 3 is 1.93 bits per heavy atom. The van der Waals surface area contributed by atoms with E-state index in [1.807, 2.05) is 39.8 Å². The van der Waals surface area contributed by atoms with Crippen LogP contribution in [0.4, 0.5) is 0 Å². The summed E-state index contributed by atoms with van der Waals surface area (Å²) in [7, 11) is 0. The molecule has 3 rings (SSSR count). The van der Waals surface area contributed by atoms with Gasteiger partial charge < -0.3 is 14.3 Å². The molecule has 0 aromatic heterocycles. The number of hydrogen-bond donors (Lipinski definition) is 0. The summed E-state index contributed by atoms with van der Waals surface area (Å²) in [4.78, 5) is 56.8. The summed E-state index contributed by atoms with van der Waals surface area (Å²) in [6.45, 7) is 9.18. The van der Waals surface area contributed by atoms with Crippen LogP contribution in [0, 0.1) is 5.41 Å². The van der Waals surface area contributed by atoms with Crippen LogP contribution in [0.1, 0.15) is 78.5 Å². The van der Waals surface area contributed by atoms with Crippen LogP contribution in [0.25, 0.3) is 0 Å². The highest BCUT2D eigenvalue weighted by Gasteiger charge is 2.27. The minimum atomic E-state index is -0.872. The van der Waals surface area contributed by atoms with Gasteiger partial charge in [0.1, 0.15) is 11.5 Å². The third-order valence-electron chi connectivity index (χ3n) is 6.22. The van der Waals surface area contributed by atoms with Crippen LogP contribution < -0.4 is 4.74 Å². The predicted octanol–water partition coefficient (Wildman–Crippen LogP) is 7.16. The van der Waals surface area contributed by atoms with E-state index in [1.54, 1.807) is 48.5 Å². The lowest BCUT2D eigenvalue weighted by Crippen LogP contribution is -2.28. The van der Waals surface area contributed by atoms with Gasteiger partial charge in [0.15, 0.2) is 0 Å². The first-order valence-corrected chi connectivity index (χ1v) is 14.0. The van der Waals surface area contributed by atoms with E-state index in [4.69, 9.17) is 14.3 Å². The van der Waals surface area contributed by atoms with E-state index in [0.717, 1.165) is 9.79 Å². The third kappa shape index (κ3) is 8.62. The van der Waals surface area contributed by atoms with Crippen LogP contribution >= 0.6 is 11.8 Å². The van der Waals surface area contributed by atoms with Crippen molar-refractivity contribution >= 4 is 41.2 Å². The van der Waals surface area contributed by atoms with Crippen molar-refractivity contribution in [2.24, 2.45) is 10.6 Å². The molecule has 0 unspecified atom stereocenters. The lowest BCUT2D eigenvalue weighted by Gasteiger charge is -2.20. The molecule has 0 saturated heterocycles. The van der Waals surface area contributed by atoms with E-state index >= 15 is 0 Å². The molecule has 0 radical (unpaired) electrons. The second-order valence-electron chi connectivity index (χ2n) is 9.79. The summed E-state index contributed by atoms with van der Waals surface area (Å²) in [6.07, 6.45) is 1.33. The van der Waals surface area contributed by atoms with Crippen molar-refractivity contribution in [1.82, 2.24) is 0 Å². The van der Waals surface area contributed by atoms with Crippen LogP contribution in [-0.4, -0.2) is 36.0 Å². The van der Waals surface area contributed by atoms with Crippen molar-refractivity contribution in [3.8, 4) is 5.75 Å². The Kier molecular flexibility index (Phi) is 11.0. The van der Waals surface area contributed by atoms with Crippen molar-refractivity contribution in [2.75, 3.05) is 6.61 Å². The highest BCUT2D eigenvalue weighted by Crippen LogP contribution is 2.30. The number of oxime groups is 1. The van der Waals surface area contributed by atoms with Crippen molar-refractivity contribution in [1.29, 1.82) is 0 Å². The van der Waals surface area contributed by atoms with E-state index in [1.165, 1.54) is 30.8 Å². The number of carbonyl (C=O) groups is 4. The number of ether oxygens (including phenoxy) is 2. The first kappa shape index (κ1) is 31.3. The fourth-order valence-corrected chi connectivity index (χ4v) is 4.11. The van der Waals surface area contributed by atoms with Gasteiger partial charge in [-0.3, -0.25) is 9.59 Å². The minimum Gasteiger partial charge on any atom is -0.462 e. The quantitative estimate of drug-likeness (QED) is 0.0559. The SMILES string of the molecule is CCCOC(=O)c1ccccc1C(=O)O/N=C(\C)C(=O)c1ccc(Sc2ccc(OC(=O)C(C)(C)CC)cc2)cc1. The lowest BCUT2D eigenvalue weighted by molar-refractivity contribution is -0.144. The van der Waals surface area contributed by atoms with Gasteiger partial charge in [-0.15, -0.1) is 0 Å². The topological polar surface area (TPSA) is 108 Å². The zero-order valence-corrected chi connectivity index (χ0v) is 24.6. The molecule has 3 aromatic rings. The van der Waals surface area contributed by atoms with E-state index in [-0.39, 0.29) is 29.4 Å². The van der Waals surface area contributed by atoms with Crippen molar-refractivity contribution < 1.29 is 33.5 Å². The Morgan fingerprint density at radius 2 is 1.37 bits per heavy atom. The maximum absolute atomic E-state index is 12.8. The molecule has 41 heavy (non-hydrogen) atoms. The fraction of sp³-hybridized carbons (Fsp3) is 0.281. The highest BCUT2D eigenvalue weighted by atomic mass is 32.2. The standard InChI is InChI=1S/C32H33NO7S/c1-6-20-38-29(35)26-10-8-9-11-27(26)30(36)40-33-21(3)28(34)22-12-16-24(17-13-22)41-25-18-14-23(15-19-25)39-31(37)32(4,5)7-2/h8-19H,6-7,20H2,1-5H3/b33-21+. The first-order chi connectivity index (χ1) is 19.6. The highest BCUT2D eigenvalue weighted by molar-refractivity contribution is 7.99. The number of rotatable bonds is 12. The Bertz CT molecular complexity index is 1430. The monoisotopic (exact) mass is 575 g/mol. The average molecular weight is 576 g/mol. The summed E-state index contributed by atoms with van der Waals surface area (Å²) in [6, 6.07) is 20.2. The maximum Gasteiger partial charge on any atom is 0.366 e. The molecule has 0 heterocycles. The van der Waals surface area contributed by atoms with Gasteiger partial charge >= 0.3 is 17.9 Å². The van der Waals surface area contributed by atoms with E-state index in [0.29, 0.717) is 24.2 Å². The van der Waals surface area contributed by atoms with Crippen LogP contribution in [0.5, 0.6) is 5.75 Å². The number of nitrogens with zero attached hydrogens (tertiary/aromatic N) is 1. The van der Waals surface area contributed by atoms with Gasteiger partial charge in [0, 0.05) is 15.4 Å². The maximum atomic E-state index is 12.8. The number of benzene rings is 3. The largest absolute Gasteiger partial charge is 0.462 e. The second-order valence-corrected chi connectivity index (χ2v) is 10.9.